The minimum Gasteiger partial charge on any atom is -0.247 e. The van der Waals surface area contributed by atoms with Crippen LogP contribution in [0.3, 0.4) is 0 Å². The van der Waals surface area contributed by atoms with E-state index in [-0.39, 0.29) is 22.1 Å². The van der Waals surface area contributed by atoms with Gasteiger partial charge in [-0.05, 0) is 30.3 Å². The molecule has 0 aliphatic rings. The summed E-state index contributed by atoms with van der Waals surface area (Å²) in [4.78, 5) is 7.85. The van der Waals surface area contributed by atoms with Crippen molar-refractivity contribution in [1.82, 2.24) is 9.97 Å². The van der Waals surface area contributed by atoms with Gasteiger partial charge in [-0.25, -0.2) is 23.1 Å². The highest BCUT2D eigenvalue weighted by Gasteiger charge is 2.30. The van der Waals surface area contributed by atoms with Crippen LogP contribution >= 0.6 is 0 Å². The van der Waals surface area contributed by atoms with Crippen LogP contribution in [0.4, 0.5) is 19.1 Å². The molecule has 134 valence electrons. The van der Waals surface area contributed by atoms with Crippen molar-refractivity contribution in [1.29, 1.82) is 0 Å². The summed E-state index contributed by atoms with van der Waals surface area (Å²) in [6, 6.07) is 13.6. The number of alkyl halides is 3. The van der Waals surface area contributed by atoms with Gasteiger partial charge in [-0.3, -0.25) is 0 Å². The maximum atomic E-state index is 12.8. The van der Waals surface area contributed by atoms with Crippen molar-refractivity contribution in [3.05, 3.63) is 72.4 Å². The van der Waals surface area contributed by atoms with Crippen molar-refractivity contribution in [3.8, 4) is 11.3 Å². The van der Waals surface area contributed by atoms with E-state index < -0.39 is 21.8 Å². The van der Waals surface area contributed by atoms with Gasteiger partial charge in [0.05, 0.1) is 16.2 Å². The standard InChI is InChI=1S/C17H12F3N3O2S/c18-17(19,20)13-6-4-5-12(11-13)15-9-10-21-16(22-15)23-26(24,25)14-7-2-1-3-8-14/h1-11H,(H,21,22,23). The molecule has 26 heavy (non-hydrogen) atoms. The van der Waals surface area contributed by atoms with E-state index in [0.717, 1.165) is 12.1 Å². The van der Waals surface area contributed by atoms with E-state index in [1.54, 1.807) is 18.2 Å². The minimum atomic E-state index is -4.49. The summed E-state index contributed by atoms with van der Waals surface area (Å²) in [7, 11) is -3.90. The van der Waals surface area contributed by atoms with E-state index in [9.17, 15) is 21.6 Å². The van der Waals surface area contributed by atoms with Gasteiger partial charge in [-0.1, -0.05) is 30.3 Å². The Balaban J connectivity index is 1.92. The molecule has 0 spiro atoms. The second kappa shape index (κ2) is 6.75. The SMILES string of the molecule is O=S(=O)(Nc1nccc(-c2cccc(C(F)(F)F)c2)n1)c1ccccc1. The third kappa shape index (κ3) is 3.99. The summed E-state index contributed by atoms with van der Waals surface area (Å²) in [5, 5.41) is 0. The van der Waals surface area contributed by atoms with Crippen LogP contribution in [0.2, 0.25) is 0 Å². The van der Waals surface area contributed by atoms with Gasteiger partial charge in [-0.15, -0.1) is 0 Å². The van der Waals surface area contributed by atoms with Gasteiger partial charge in [0.15, 0.2) is 0 Å². The number of nitrogens with zero attached hydrogens (tertiary/aromatic N) is 2. The zero-order valence-electron chi connectivity index (χ0n) is 13.1. The molecule has 0 aliphatic carbocycles. The number of anilines is 1. The molecule has 3 rings (SSSR count). The highest BCUT2D eigenvalue weighted by Crippen LogP contribution is 2.31. The Morgan fingerprint density at radius 2 is 1.65 bits per heavy atom. The Hall–Kier alpha value is -2.94. The first kappa shape index (κ1) is 17.9. The van der Waals surface area contributed by atoms with E-state index in [4.69, 9.17) is 0 Å². The third-order valence-electron chi connectivity index (χ3n) is 3.42. The molecule has 5 nitrogen and oxygen atoms in total. The van der Waals surface area contributed by atoms with Gasteiger partial charge < -0.3 is 0 Å². The molecule has 2 aromatic carbocycles. The van der Waals surface area contributed by atoms with E-state index in [1.807, 2.05) is 0 Å². The Labute approximate surface area is 147 Å². The van der Waals surface area contributed by atoms with E-state index in [0.29, 0.717) is 0 Å². The molecule has 0 unspecified atom stereocenters. The summed E-state index contributed by atoms with van der Waals surface area (Å²) in [6.45, 7) is 0. The molecule has 0 saturated heterocycles. The lowest BCUT2D eigenvalue weighted by atomic mass is 10.1. The summed E-state index contributed by atoms with van der Waals surface area (Å²) in [6.07, 6.45) is -3.22. The highest BCUT2D eigenvalue weighted by atomic mass is 32.2. The van der Waals surface area contributed by atoms with Gasteiger partial charge in [0.2, 0.25) is 5.95 Å². The number of hydrogen-bond donors (Lipinski definition) is 1. The lowest BCUT2D eigenvalue weighted by molar-refractivity contribution is -0.137. The quantitative estimate of drug-likeness (QED) is 0.745. The monoisotopic (exact) mass is 379 g/mol. The van der Waals surface area contributed by atoms with Gasteiger partial charge in [0.1, 0.15) is 0 Å². The normalized spacial score (nSPS) is 12.0. The van der Waals surface area contributed by atoms with Crippen molar-refractivity contribution in [3.63, 3.8) is 0 Å². The van der Waals surface area contributed by atoms with Crippen molar-refractivity contribution in [2.24, 2.45) is 0 Å². The topological polar surface area (TPSA) is 72.0 Å². The molecule has 0 amide bonds. The van der Waals surface area contributed by atoms with Crippen LogP contribution in [0, 0.1) is 0 Å². The average Bonchev–Trinajstić information content (AvgIpc) is 2.62. The number of sulfonamides is 1. The van der Waals surface area contributed by atoms with Crippen LogP contribution in [-0.2, 0) is 16.2 Å². The number of aromatic nitrogens is 2. The lowest BCUT2D eigenvalue weighted by Crippen LogP contribution is -2.15. The molecule has 0 bridgehead atoms. The Morgan fingerprint density at radius 1 is 0.923 bits per heavy atom. The third-order valence-corrected chi connectivity index (χ3v) is 4.76. The predicted molar refractivity (Wildman–Crippen MR) is 89.7 cm³/mol. The number of nitrogens with one attached hydrogen (secondary N) is 1. The van der Waals surface area contributed by atoms with Crippen molar-refractivity contribution in [2.45, 2.75) is 11.1 Å². The summed E-state index contributed by atoms with van der Waals surface area (Å²) in [5.74, 6) is -0.233. The molecular weight excluding hydrogens is 367 g/mol. The molecule has 0 saturated carbocycles. The van der Waals surface area contributed by atoms with Gasteiger partial charge in [-0.2, -0.15) is 13.2 Å². The van der Waals surface area contributed by atoms with Crippen LogP contribution in [0.5, 0.6) is 0 Å². The first-order valence-corrected chi connectivity index (χ1v) is 8.82. The fourth-order valence-corrected chi connectivity index (χ4v) is 3.17. The number of hydrogen-bond acceptors (Lipinski definition) is 4. The molecule has 0 fully saturated rings. The van der Waals surface area contributed by atoms with E-state index in [2.05, 4.69) is 14.7 Å². The maximum absolute atomic E-state index is 12.8. The Kier molecular flexibility index (Phi) is 4.64. The van der Waals surface area contributed by atoms with Crippen LogP contribution in [0.15, 0.2) is 71.8 Å². The largest absolute Gasteiger partial charge is 0.416 e. The van der Waals surface area contributed by atoms with Gasteiger partial charge in [0, 0.05) is 11.8 Å². The molecule has 1 aromatic heterocycles. The molecule has 0 atom stereocenters. The second-order valence-electron chi connectivity index (χ2n) is 5.26. The fraction of sp³-hybridized carbons (Fsp3) is 0.0588. The molecule has 1 heterocycles. The maximum Gasteiger partial charge on any atom is 0.416 e. The molecule has 9 heteroatoms. The summed E-state index contributed by atoms with van der Waals surface area (Å²) < 4.78 is 65.4. The zero-order valence-corrected chi connectivity index (χ0v) is 13.9. The number of benzene rings is 2. The van der Waals surface area contributed by atoms with E-state index >= 15 is 0 Å². The van der Waals surface area contributed by atoms with Crippen LogP contribution in [0.25, 0.3) is 11.3 Å². The van der Waals surface area contributed by atoms with Crippen LogP contribution < -0.4 is 4.72 Å². The number of rotatable bonds is 4. The van der Waals surface area contributed by atoms with Gasteiger partial charge in [0.25, 0.3) is 10.0 Å². The van der Waals surface area contributed by atoms with Crippen LogP contribution in [-0.4, -0.2) is 18.4 Å². The van der Waals surface area contributed by atoms with Crippen molar-refractivity contribution >= 4 is 16.0 Å². The molecule has 3 aromatic rings. The lowest BCUT2D eigenvalue weighted by Gasteiger charge is -2.10. The molecule has 0 aliphatic heterocycles. The zero-order chi connectivity index (χ0) is 18.8. The first-order chi connectivity index (χ1) is 12.3. The smallest absolute Gasteiger partial charge is 0.247 e. The Morgan fingerprint density at radius 3 is 2.35 bits per heavy atom. The van der Waals surface area contributed by atoms with Crippen LogP contribution in [0.1, 0.15) is 5.56 Å². The number of halogens is 3. The molecule has 0 radical (unpaired) electrons. The van der Waals surface area contributed by atoms with Crippen molar-refractivity contribution in [2.75, 3.05) is 4.72 Å². The summed E-state index contributed by atoms with van der Waals surface area (Å²) in [5.41, 5.74) is -0.459. The van der Waals surface area contributed by atoms with Crippen molar-refractivity contribution < 1.29 is 21.6 Å². The average molecular weight is 379 g/mol. The fourth-order valence-electron chi connectivity index (χ4n) is 2.20. The second-order valence-corrected chi connectivity index (χ2v) is 6.95. The van der Waals surface area contributed by atoms with Gasteiger partial charge >= 0.3 is 6.18 Å². The molecule has 1 N–H and O–H groups in total. The minimum absolute atomic E-state index is 0.0214. The molecular formula is C17H12F3N3O2S. The highest BCUT2D eigenvalue weighted by molar-refractivity contribution is 7.92. The predicted octanol–water partition coefficient (Wildman–Crippen LogP) is 3.96. The van der Waals surface area contributed by atoms with E-state index in [1.165, 1.54) is 36.5 Å². The Bertz CT molecular complexity index is 1020. The first-order valence-electron chi connectivity index (χ1n) is 7.34. The summed E-state index contributed by atoms with van der Waals surface area (Å²) >= 11 is 0.